The van der Waals surface area contributed by atoms with Gasteiger partial charge in [-0.15, -0.1) is 0 Å². The van der Waals surface area contributed by atoms with Gasteiger partial charge in [0.15, 0.2) is 0 Å². The molecule has 0 radical (unpaired) electrons. The molecule has 0 atom stereocenters. The Hall–Kier alpha value is -2.05. The van der Waals surface area contributed by atoms with Gasteiger partial charge in [-0.1, -0.05) is 50.1 Å². The molecule has 0 unspecified atom stereocenters. The highest BCUT2D eigenvalue weighted by Gasteiger charge is 2.21. The predicted octanol–water partition coefficient (Wildman–Crippen LogP) is 5.00. The highest BCUT2D eigenvalue weighted by molar-refractivity contribution is 6.33. The van der Waals surface area contributed by atoms with Crippen molar-refractivity contribution in [2.75, 3.05) is 0 Å². The van der Waals surface area contributed by atoms with Gasteiger partial charge in [0.05, 0.1) is 5.56 Å². The zero-order valence-electron chi connectivity index (χ0n) is 12.6. The number of ether oxygens (including phenoxy) is 1. The van der Waals surface area contributed by atoms with Crippen LogP contribution in [0, 0.1) is 18.3 Å². The van der Waals surface area contributed by atoms with Crippen LogP contribution in [0.1, 0.15) is 37.5 Å². The smallest absolute Gasteiger partial charge is 0.239 e. The number of hydrogen-bond donors (Lipinski definition) is 0. The molecule has 1 aromatic heterocycles. The first kappa shape index (κ1) is 15.3. The highest BCUT2D eigenvalue weighted by atomic mass is 35.5. The molecule has 21 heavy (non-hydrogen) atoms. The fourth-order valence-electron chi connectivity index (χ4n) is 2.01. The summed E-state index contributed by atoms with van der Waals surface area (Å²) in [6.07, 6.45) is 1.52. The Morgan fingerprint density at radius 2 is 1.95 bits per heavy atom. The van der Waals surface area contributed by atoms with E-state index in [4.69, 9.17) is 21.6 Å². The van der Waals surface area contributed by atoms with E-state index in [-0.39, 0.29) is 16.3 Å². The van der Waals surface area contributed by atoms with E-state index in [0.29, 0.717) is 11.3 Å². The molecule has 0 fully saturated rings. The average molecular weight is 301 g/mol. The van der Waals surface area contributed by atoms with Gasteiger partial charge in [0, 0.05) is 11.8 Å². The normalized spacial score (nSPS) is 11.0. The van der Waals surface area contributed by atoms with Crippen LogP contribution in [0.3, 0.4) is 0 Å². The molecule has 1 heterocycles. The number of hydrogen-bond acceptors (Lipinski definition) is 3. The Balaban J connectivity index is 2.48. The minimum atomic E-state index is -0.0688. The third-order valence-electron chi connectivity index (χ3n) is 3.13. The van der Waals surface area contributed by atoms with E-state index in [2.05, 4.69) is 31.8 Å². The van der Waals surface area contributed by atoms with E-state index >= 15 is 0 Å². The van der Waals surface area contributed by atoms with Crippen molar-refractivity contribution >= 4 is 11.6 Å². The monoisotopic (exact) mass is 300 g/mol. The molecule has 0 N–H and O–H groups in total. The van der Waals surface area contributed by atoms with E-state index in [9.17, 15) is 0 Å². The lowest BCUT2D eigenvalue weighted by molar-refractivity contribution is 0.440. The third kappa shape index (κ3) is 3.34. The fraction of sp³-hybridized carbons (Fsp3) is 0.294. The second kappa shape index (κ2) is 5.75. The summed E-state index contributed by atoms with van der Waals surface area (Å²) in [4.78, 5) is 4.12. The summed E-state index contributed by atoms with van der Waals surface area (Å²) in [7, 11) is 0. The lowest BCUT2D eigenvalue weighted by atomic mass is 9.85. The molecule has 0 saturated heterocycles. The van der Waals surface area contributed by atoms with E-state index in [1.165, 1.54) is 6.20 Å². The van der Waals surface area contributed by atoms with Crippen LogP contribution in [0.2, 0.25) is 5.02 Å². The van der Waals surface area contributed by atoms with Crippen LogP contribution >= 0.6 is 11.6 Å². The largest absolute Gasteiger partial charge is 0.437 e. The van der Waals surface area contributed by atoms with Crippen molar-refractivity contribution in [2.45, 2.75) is 33.1 Å². The number of nitrogens with zero attached hydrogens (tertiary/aromatic N) is 2. The SMILES string of the molecule is Cc1ccc(Oc2nccc(C#N)c2Cl)c(C(C)(C)C)c1. The molecule has 0 aliphatic carbocycles. The molecule has 0 aliphatic heterocycles. The van der Waals surface area contributed by atoms with Crippen LogP contribution in [0.15, 0.2) is 30.5 Å². The maximum atomic E-state index is 9.01. The van der Waals surface area contributed by atoms with E-state index in [1.54, 1.807) is 6.07 Å². The van der Waals surface area contributed by atoms with Crippen molar-refractivity contribution in [1.82, 2.24) is 4.98 Å². The Kier molecular flexibility index (Phi) is 4.20. The van der Waals surface area contributed by atoms with Crippen LogP contribution in [-0.2, 0) is 5.41 Å². The molecule has 0 aliphatic rings. The molecular formula is C17H17ClN2O. The minimum Gasteiger partial charge on any atom is -0.437 e. The van der Waals surface area contributed by atoms with Gasteiger partial charge in [0.1, 0.15) is 16.8 Å². The molecule has 1 aromatic carbocycles. The molecule has 3 nitrogen and oxygen atoms in total. The van der Waals surface area contributed by atoms with Crippen LogP contribution < -0.4 is 4.74 Å². The number of aryl methyl sites for hydroxylation is 1. The summed E-state index contributed by atoms with van der Waals surface area (Å²) in [5.41, 5.74) is 2.52. The number of rotatable bonds is 2. The van der Waals surface area contributed by atoms with Crippen molar-refractivity contribution < 1.29 is 4.74 Å². The Labute approximate surface area is 130 Å². The maximum Gasteiger partial charge on any atom is 0.239 e. The quantitative estimate of drug-likeness (QED) is 0.783. The number of nitriles is 1. The molecule has 0 bridgehead atoms. The predicted molar refractivity (Wildman–Crippen MR) is 83.9 cm³/mol. The third-order valence-corrected chi connectivity index (χ3v) is 3.49. The molecular weight excluding hydrogens is 284 g/mol. The number of pyridine rings is 1. The van der Waals surface area contributed by atoms with Crippen molar-refractivity contribution in [2.24, 2.45) is 0 Å². The van der Waals surface area contributed by atoms with Crippen LogP contribution in [-0.4, -0.2) is 4.98 Å². The summed E-state index contributed by atoms with van der Waals surface area (Å²) in [5, 5.41) is 9.25. The number of aromatic nitrogens is 1. The number of halogens is 1. The summed E-state index contributed by atoms with van der Waals surface area (Å²) in [6, 6.07) is 9.57. The topological polar surface area (TPSA) is 45.9 Å². The van der Waals surface area contributed by atoms with Crippen molar-refractivity contribution in [1.29, 1.82) is 5.26 Å². The molecule has 0 spiro atoms. The van der Waals surface area contributed by atoms with E-state index in [0.717, 1.165) is 11.1 Å². The standard InChI is InChI=1S/C17H17ClN2O/c1-11-5-6-14(13(9-11)17(2,3)4)21-16-15(18)12(10-19)7-8-20-16/h5-9H,1-4H3. The highest BCUT2D eigenvalue weighted by Crippen LogP contribution is 2.36. The first-order chi connectivity index (χ1) is 9.82. The second-order valence-corrected chi connectivity index (χ2v) is 6.32. The first-order valence-corrected chi connectivity index (χ1v) is 7.04. The van der Waals surface area contributed by atoms with Gasteiger partial charge >= 0.3 is 0 Å². The molecule has 0 saturated carbocycles. The lowest BCUT2D eigenvalue weighted by Gasteiger charge is -2.23. The van der Waals surface area contributed by atoms with Gasteiger partial charge < -0.3 is 4.74 Å². The average Bonchev–Trinajstić information content (AvgIpc) is 2.42. The summed E-state index contributed by atoms with van der Waals surface area (Å²) in [5.74, 6) is 0.961. The van der Waals surface area contributed by atoms with Crippen molar-refractivity contribution in [3.8, 4) is 17.7 Å². The maximum absolute atomic E-state index is 9.01. The zero-order valence-corrected chi connectivity index (χ0v) is 13.3. The Morgan fingerprint density at radius 1 is 1.24 bits per heavy atom. The molecule has 2 aromatic rings. The fourth-order valence-corrected chi connectivity index (χ4v) is 2.20. The van der Waals surface area contributed by atoms with Gasteiger partial charge in [-0.2, -0.15) is 5.26 Å². The van der Waals surface area contributed by atoms with Gasteiger partial charge in [-0.05, 0) is 24.5 Å². The molecule has 0 amide bonds. The molecule has 108 valence electrons. The van der Waals surface area contributed by atoms with Gasteiger partial charge in [-0.3, -0.25) is 0 Å². The van der Waals surface area contributed by atoms with E-state index < -0.39 is 0 Å². The molecule has 2 rings (SSSR count). The number of benzene rings is 1. The zero-order chi connectivity index (χ0) is 15.6. The molecule has 4 heteroatoms. The summed E-state index contributed by atoms with van der Waals surface area (Å²) < 4.78 is 5.87. The van der Waals surface area contributed by atoms with Crippen molar-refractivity contribution in [3.05, 3.63) is 52.2 Å². The van der Waals surface area contributed by atoms with Gasteiger partial charge in [0.2, 0.25) is 5.88 Å². The Morgan fingerprint density at radius 3 is 2.57 bits per heavy atom. The summed E-state index contributed by atoms with van der Waals surface area (Å²) in [6.45, 7) is 8.40. The van der Waals surface area contributed by atoms with E-state index in [1.807, 2.05) is 25.1 Å². The van der Waals surface area contributed by atoms with Crippen molar-refractivity contribution in [3.63, 3.8) is 0 Å². The second-order valence-electron chi connectivity index (χ2n) is 5.94. The van der Waals surface area contributed by atoms with Gasteiger partial charge in [0.25, 0.3) is 0 Å². The van der Waals surface area contributed by atoms with Crippen LogP contribution in [0.25, 0.3) is 0 Å². The minimum absolute atomic E-state index is 0.0688. The lowest BCUT2D eigenvalue weighted by Crippen LogP contribution is -2.13. The van der Waals surface area contributed by atoms with Gasteiger partial charge in [-0.25, -0.2) is 4.98 Å². The summed E-state index contributed by atoms with van der Waals surface area (Å²) >= 11 is 6.15. The first-order valence-electron chi connectivity index (χ1n) is 6.66. The van der Waals surface area contributed by atoms with Crippen LogP contribution in [0.5, 0.6) is 11.6 Å². The Bertz CT molecular complexity index is 712. The van der Waals surface area contributed by atoms with Crippen LogP contribution in [0.4, 0.5) is 0 Å².